The molecule has 160 valence electrons. The summed E-state index contributed by atoms with van der Waals surface area (Å²) in [6.45, 7) is 6.31. The molecule has 0 bridgehead atoms. The molecule has 3 rings (SSSR count). The van der Waals surface area contributed by atoms with Gasteiger partial charge in [-0.1, -0.05) is 0 Å². The highest BCUT2D eigenvalue weighted by molar-refractivity contribution is 6.00. The lowest BCUT2D eigenvalue weighted by Crippen LogP contribution is -2.42. The highest BCUT2D eigenvalue weighted by atomic mass is 19.4. The number of piperidine rings is 1. The van der Waals surface area contributed by atoms with Gasteiger partial charge in [0.2, 0.25) is 0 Å². The molecule has 2 heterocycles. The summed E-state index contributed by atoms with van der Waals surface area (Å²) < 4.78 is 43.1. The van der Waals surface area contributed by atoms with E-state index in [4.69, 9.17) is 0 Å². The summed E-state index contributed by atoms with van der Waals surface area (Å²) in [5, 5.41) is 13.8. The molecule has 6 nitrogen and oxygen atoms in total. The van der Waals surface area contributed by atoms with E-state index in [1.807, 2.05) is 27.0 Å². The van der Waals surface area contributed by atoms with Crippen molar-refractivity contribution >= 4 is 5.91 Å². The third kappa shape index (κ3) is 5.00. The van der Waals surface area contributed by atoms with Crippen molar-refractivity contribution in [2.45, 2.75) is 51.6 Å². The van der Waals surface area contributed by atoms with Gasteiger partial charge in [-0.25, -0.2) is 0 Å². The molecule has 0 unspecified atom stereocenters. The Hall–Kier alpha value is -2.86. The number of nitriles is 1. The second-order valence-electron chi connectivity index (χ2n) is 8.24. The van der Waals surface area contributed by atoms with E-state index in [9.17, 15) is 23.2 Å². The van der Waals surface area contributed by atoms with Crippen LogP contribution in [0.15, 0.2) is 30.5 Å². The standard InChI is InChI=1S/C21H23F3N4O2/c1-20(2,3)28-11-8-18(26-28)17-12-14(13-25)4-5-16(17)19(29)27-9-6-15(7-10-27)30-21(22,23)24/h4-5,8,11-12,15H,6-7,9-10H2,1-3H3. The second-order valence-corrected chi connectivity index (χ2v) is 8.24. The number of benzene rings is 1. The molecule has 0 N–H and O–H groups in total. The summed E-state index contributed by atoms with van der Waals surface area (Å²) in [5.74, 6) is -0.301. The number of nitrogens with zero attached hydrogens (tertiary/aromatic N) is 4. The first-order chi connectivity index (χ1) is 14.0. The van der Waals surface area contributed by atoms with Crippen LogP contribution >= 0.6 is 0 Å². The topological polar surface area (TPSA) is 71.2 Å². The Kier molecular flexibility index (Phi) is 5.90. The van der Waals surface area contributed by atoms with Crippen LogP contribution in [0.1, 0.15) is 49.5 Å². The molecule has 1 aromatic heterocycles. The minimum Gasteiger partial charge on any atom is -0.338 e. The molecule has 0 saturated carbocycles. The maximum absolute atomic E-state index is 13.1. The van der Waals surface area contributed by atoms with Crippen molar-refractivity contribution in [2.24, 2.45) is 0 Å². The molecule has 1 amide bonds. The monoisotopic (exact) mass is 420 g/mol. The van der Waals surface area contributed by atoms with Crippen LogP contribution in [0.3, 0.4) is 0 Å². The number of alkyl halides is 3. The number of hydrogen-bond donors (Lipinski definition) is 0. The van der Waals surface area contributed by atoms with Crippen molar-refractivity contribution in [3.8, 4) is 17.3 Å². The number of carbonyl (C=O) groups excluding carboxylic acids is 1. The van der Waals surface area contributed by atoms with Crippen LogP contribution in [0.4, 0.5) is 13.2 Å². The third-order valence-electron chi connectivity index (χ3n) is 4.96. The molecule has 0 atom stereocenters. The molecule has 1 fully saturated rings. The van der Waals surface area contributed by atoms with Crippen molar-refractivity contribution in [3.05, 3.63) is 41.6 Å². The Balaban J connectivity index is 1.85. The fourth-order valence-corrected chi connectivity index (χ4v) is 3.39. The first-order valence-electron chi connectivity index (χ1n) is 9.62. The molecule has 2 aromatic rings. The molecule has 0 aliphatic carbocycles. The van der Waals surface area contributed by atoms with E-state index in [1.54, 1.807) is 28.9 Å². The van der Waals surface area contributed by atoms with E-state index in [1.165, 1.54) is 4.90 Å². The van der Waals surface area contributed by atoms with Gasteiger partial charge in [-0.15, -0.1) is 13.2 Å². The largest absolute Gasteiger partial charge is 0.522 e. The minimum atomic E-state index is -4.68. The van der Waals surface area contributed by atoms with Crippen LogP contribution < -0.4 is 0 Å². The van der Waals surface area contributed by atoms with E-state index >= 15 is 0 Å². The van der Waals surface area contributed by atoms with E-state index in [2.05, 4.69) is 15.9 Å². The fourth-order valence-electron chi connectivity index (χ4n) is 3.39. The normalized spacial score (nSPS) is 15.8. The smallest absolute Gasteiger partial charge is 0.338 e. The van der Waals surface area contributed by atoms with Gasteiger partial charge >= 0.3 is 6.36 Å². The summed E-state index contributed by atoms with van der Waals surface area (Å²) >= 11 is 0. The SMILES string of the molecule is CC(C)(C)n1ccc(-c2cc(C#N)ccc2C(=O)N2CCC(OC(F)(F)F)CC2)n1. The van der Waals surface area contributed by atoms with Gasteiger partial charge in [0.05, 0.1) is 29.0 Å². The van der Waals surface area contributed by atoms with Crippen LogP contribution in [0.2, 0.25) is 0 Å². The number of ether oxygens (including phenoxy) is 1. The molecular formula is C21H23F3N4O2. The molecule has 0 radical (unpaired) electrons. The number of hydrogen-bond acceptors (Lipinski definition) is 4. The zero-order chi connectivity index (χ0) is 22.1. The Morgan fingerprint density at radius 2 is 1.87 bits per heavy atom. The maximum atomic E-state index is 13.1. The number of likely N-dealkylation sites (tertiary alicyclic amines) is 1. The first-order valence-corrected chi connectivity index (χ1v) is 9.62. The van der Waals surface area contributed by atoms with Crippen molar-refractivity contribution in [1.29, 1.82) is 5.26 Å². The lowest BCUT2D eigenvalue weighted by Gasteiger charge is -2.32. The van der Waals surface area contributed by atoms with Crippen molar-refractivity contribution in [3.63, 3.8) is 0 Å². The summed E-state index contributed by atoms with van der Waals surface area (Å²) in [6.07, 6.45) is -3.60. The Morgan fingerprint density at radius 3 is 2.40 bits per heavy atom. The van der Waals surface area contributed by atoms with E-state index in [0.717, 1.165) is 0 Å². The van der Waals surface area contributed by atoms with Gasteiger partial charge in [0.25, 0.3) is 5.91 Å². The predicted molar refractivity (Wildman–Crippen MR) is 103 cm³/mol. The molecule has 0 spiro atoms. The fraction of sp³-hybridized carbons (Fsp3) is 0.476. The lowest BCUT2D eigenvalue weighted by molar-refractivity contribution is -0.345. The highest BCUT2D eigenvalue weighted by Gasteiger charge is 2.36. The third-order valence-corrected chi connectivity index (χ3v) is 4.96. The number of halogens is 3. The predicted octanol–water partition coefficient (Wildman–Crippen LogP) is 4.32. The van der Waals surface area contributed by atoms with Crippen molar-refractivity contribution < 1.29 is 22.7 Å². The lowest BCUT2D eigenvalue weighted by atomic mass is 9.99. The quantitative estimate of drug-likeness (QED) is 0.742. The molecule has 30 heavy (non-hydrogen) atoms. The average molecular weight is 420 g/mol. The molecular weight excluding hydrogens is 397 g/mol. The van der Waals surface area contributed by atoms with Gasteiger partial charge in [-0.05, 0) is 57.9 Å². The van der Waals surface area contributed by atoms with Gasteiger partial charge < -0.3 is 4.90 Å². The summed E-state index contributed by atoms with van der Waals surface area (Å²) in [6, 6.07) is 8.58. The number of carbonyl (C=O) groups is 1. The molecule has 1 saturated heterocycles. The first kappa shape index (κ1) is 21.8. The number of amides is 1. The molecule has 1 aromatic carbocycles. The Bertz CT molecular complexity index is 962. The second kappa shape index (κ2) is 8.11. The molecule has 1 aliphatic heterocycles. The van der Waals surface area contributed by atoms with Crippen molar-refractivity contribution in [1.82, 2.24) is 14.7 Å². The van der Waals surface area contributed by atoms with Gasteiger partial charge in [0.1, 0.15) is 0 Å². The van der Waals surface area contributed by atoms with Gasteiger partial charge in [0, 0.05) is 30.4 Å². The molecule has 1 aliphatic rings. The van der Waals surface area contributed by atoms with Crippen LogP contribution in [0, 0.1) is 11.3 Å². The summed E-state index contributed by atoms with van der Waals surface area (Å²) in [5.41, 5.74) is 1.58. The van der Waals surface area contributed by atoms with Gasteiger partial charge in [-0.3, -0.25) is 14.2 Å². The zero-order valence-electron chi connectivity index (χ0n) is 17.0. The van der Waals surface area contributed by atoms with Gasteiger partial charge in [-0.2, -0.15) is 10.4 Å². The van der Waals surface area contributed by atoms with E-state index in [-0.39, 0.29) is 37.4 Å². The maximum Gasteiger partial charge on any atom is 0.522 e. The summed E-state index contributed by atoms with van der Waals surface area (Å²) in [4.78, 5) is 14.7. The van der Waals surface area contributed by atoms with Gasteiger partial charge in [0.15, 0.2) is 0 Å². The Labute approximate surface area is 172 Å². The molecule has 9 heteroatoms. The van der Waals surface area contributed by atoms with E-state index < -0.39 is 12.5 Å². The van der Waals surface area contributed by atoms with Crippen molar-refractivity contribution in [2.75, 3.05) is 13.1 Å². The van der Waals surface area contributed by atoms with Crippen LogP contribution in [-0.4, -0.2) is 46.1 Å². The minimum absolute atomic E-state index is 0.107. The number of aromatic nitrogens is 2. The van der Waals surface area contributed by atoms with E-state index in [0.29, 0.717) is 22.4 Å². The number of rotatable bonds is 3. The Morgan fingerprint density at radius 1 is 1.20 bits per heavy atom. The van der Waals surface area contributed by atoms with Crippen LogP contribution in [0.5, 0.6) is 0 Å². The zero-order valence-corrected chi connectivity index (χ0v) is 17.0. The van der Waals surface area contributed by atoms with Crippen LogP contribution in [0.25, 0.3) is 11.3 Å². The van der Waals surface area contributed by atoms with Crippen LogP contribution in [-0.2, 0) is 10.3 Å². The summed E-state index contributed by atoms with van der Waals surface area (Å²) in [7, 11) is 0. The average Bonchev–Trinajstić information content (AvgIpc) is 3.17. The highest BCUT2D eigenvalue weighted by Crippen LogP contribution is 2.29.